The van der Waals surface area contributed by atoms with Crippen molar-refractivity contribution in [3.05, 3.63) is 33.7 Å². The normalized spacial score (nSPS) is 13.8. The standard InChI is InChI=1S/C13H15N3O4S/c1-3-13(2,11(19)20)7-15-9(17)8-6-14-12-16(10(8)18)4-5-21-12/h4-6H,3,7H2,1-2H3,(H,15,17)(H,19,20). The highest BCUT2D eigenvalue weighted by atomic mass is 32.1. The third kappa shape index (κ3) is 2.80. The summed E-state index contributed by atoms with van der Waals surface area (Å²) in [6.45, 7) is 3.22. The van der Waals surface area contributed by atoms with Crippen molar-refractivity contribution < 1.29 is 14.7 Å². The summed E-state index contributed by atoms with van der Waals surface area (Å²) in [4.78, 5) is 39.9. The quantitative estimate of drug-likeness (QED) is 0.857. The molecule has 0 aromatic carbocycles. The summed E-state index contributed by atoms with van der Waals surface area (Å²) in [6, 6.07) is 0. The maximum Gasteiger partial charge on any atom is 0.311 e. The summed E-state index contributed by atoms with van der Waals surface area (Å²) in [6.07, 6.45) is 3.12. The summed E-state index contributed by atoms with van der Waals surface area (Å²) in [5.41, 5.74) is -1.63. The second-order valence-electron chi connectivity index (χ2n) is 4.93. The number of rotatable bonds is 5. The van der Waals surface area contributed by atoms with Crippen LogP contribution in [0.4, 0.5) is 0 Å². The Labute approximate surface area is 124 Å². The lowest BCUT2D eigenvalue weighted by Gasteiger charge is -2.23. The topological polar surface area (TPSA) is 101 Å². The summed E-state index contributed by atoms with van der Waals surface area (Å²) in [7, 11) is 0. The molecule has 0 aliphatic heterocycles. The van der Waals surface area contributed by atoms with Crippen LogP contribution in [0, 0.1) is 5.41 Å². The van der Waals surface area contributed by atoms with E-state index in [2.05, 4.69) is 10.3 Å². The van der Waals surface area contributed by atoms with Crippen molar-refractivity contribution in [1.29, 1.82) is 0 Å². The van der Waals surface area contributed by atoms with Gasteiger partial charge in [-0.15, -0.1) is 11.3 Å². The van der Waals surface area contributed by atoms with E-state index < -0.39 is 22.9 Å². The maximum atomic E-state index is 12.1. The lowest BCUT2D eigenvalue weighted by molar-refractivity contribution is -0.147. The zero-order valence-electron chi connectivity index (χ0n) is 11.6. The number of thiazole rings is 1. The molecule has 1 unspecified atom stereocenters. The monoisotopic (exact) mass is 309 g/mol. The van der Waals surface area contributed by atoms with Gasteiger partial charge in [0.05, 0.1) is 5.41 Å². The van der Waals surface area contributed by atoms with E-state index in [-0.39, 0.29) is 12.1 Å². The van der Waals surface area contributed by atoms with Gasteiger partial charge in [-0.05, 0) is 13.3 Å². The molecule has 2 heterocycles. The third-order valence-electron chi connectivity index (χ3n) is 3.52. The highest BCUT2D eigenvalue weighted by molar-refractivity contribution is 7.15. The fraction of sp³-hybridized carbons (Fsp3) is 0.385. The van der Waals surface area contributed by atoms with E-state index in [1.807, 2.05) is 0 Å². The van der Waals surface area contributed by atoms with E-state index in [0.29, 0.717) is 11.4 Å². The lowest BCUT2D eigenvalue weighted by Crippen LogP contribution is -2.42. The van der Waals surface area contributed by atoms with E-state index in [9.17, 15) is 14.4 Å². The molecule has 2 aromatic heterocycles. The molecule has 0 radical (unpaired) electrons. The van der Waals surface area contributed by atoms with Crippen LogP contribution in [0.5, 0.6) is 0 Å². The first-order valence-corrected chi connectivity index (χ1v) is 7.23. The van der Waals surface area contributed by atoms with Gasteiger partial charge in [0.25, 0.3) is 11.5 Å². The van der Waals surface area contributed by atoms with Crippen molar-refractivity contribution in [1.82, 2.24) is 14.7 Å². The van der Waals surface area contributed by atoms with Crippen molar-refractivity contribution in [2.45, 2.75) is 20.3 Å². The minimum Gasteiger partial charge on any atom is -0.481 e. The molecule has 21 heavy (non-hydrogen) atoms. The molecule has 0 spiro atoms. The number of nitrogens with one attached hydrogen (secondary N) is 1. The number of carboxylic acid groups (broad SMARTS) is 1. The van der Waals surface area contributed by atoms with Crippen molar-refractivity contribution in [3.8, 4) is 0 Å². The number of carbonyl (C=O) groups is 2. The van der Waals surface area contributed by atoms with Crippen LogP contribution in [0.1, 0.15) is 30.6 Å². The summed E-state index contributed by atoms with van der Waals surface area (Å²) in [5, 5.41) is 13.4. The first kappa shape index (κ1) is 15.2. The van der Waals surface area contributed by atoms with Crippen molar-refractivity contribution in [2.24, 2.45) is 5.41 Å². The zero-order valence-corrected chi connectivity index (χ0v) is 12.4. The minimum atomic E-state index is -1.06. The van der Waals surface area contributed by atoms with Crippen LogP contribution >= 0.6 is 11.3 Å². The van der Waals surface area contributed by atoms with Crippen LogP contribution in [0.15, 0.2) is 22.6 Å². The number of amides is 1. The SMILES string of the molecule is CCC(C)(CNC(=O)c1cnc2sccn2c1=O)C(=O)O. The third-order valence-corrected chi connectivity index (χ3v) is 4.29. The molecule has 2 rings (SSSR count). The molecule has 2 N–H and O–H groups in total. The largest absolute Gasteiger partial charge is 0.481 e. The van der Waals surface area contributed by atoms with Crippen LogP contribution in [-0.4, -0.2) is 32.9 Å². The van der Waals surface area contributed by atoms with Gasteiger partial charge >= 0.3 is 5.97 Å². The van der Waals surface area contributed by atoms with E-state index >= 15 is 0 Å². The molecule has 1 atom stereocenters. The molecule has 0 saturated carbocycles. The molecule has 8 heteroatoms. The Hall–Kier alpha value is -2.22. The van der Waals surface area contributed by atoms with E-state index in [1.54, 1.807) is 25.4 Å². The van der Waals surface area contributed by atoms with Gasteiger partial charge in [-0.3, -0.25) is 18.8 Å². The number of fused-ring (bicyclic) bond motifs is 1. The Morgan fingerprint density at radius 1 is 1.52 bits per heavy atom. The second-order valence-corrected chi connectivity index (χ2v) is 5.81. The highest BCUT2D eigenvalue weighted by Gasteiger charge is 2.31. The number of carboxylic acids is 1. The first-order valence-electron chi connectivity index (χ1n) is 6.35. The van der Waals surface area contributed by atoms with Crippen molar-refractivity contribution >= 4 is 28.2 Å². The second kappa shape index (κ2) is 5.65. The molecular weight excluding hydrogens is 294 g/mol. The van der Waals surface area contributed by atoms with Crippen molar-refractivity contribution in [3.63, 3.8) is 0 Å². The zero-order chi connectivity index (χ0) is 15.6. The Morgan fingerprint density at radius 3 is 2.86 bits per heavy atom. The summed E-state index contributed by atoms with van der Waals surface area (Å²) in [5.74, 6) is -1.61. The molecule has 2 aromatic rings. The Morgan fingerprint density at radius 2 is 2.24 bits per heavy atom. The maximum absolute atomic E-state index is 12.1. The van der Waals surface area contributed by atoms with E-state index in [0.717, 1.165) is 0 Å². The molecule has 0 fully saturated rings. The molecule has 1 amide bonds. The average Bonchev–Trinajstić information content (AvgIpc) is 2.94. The van der Waals surface area contributed by atoms with Gasteiger partial charge < -0.3 is 10.4 Å². The highest BCUT2D eigenvalue weighted by Crippen LogP contribution is 2.20. The number of carbonyl (C=O) groups excluding carboxylic acids is 1. The first-order chi connectivity index (χ1) is 9.89. The number of aromatic nitrogens is 2. The smallest absolute Gasteiger partial charge is 0.311 e. The van der Waals surface area contributed by atoms with Gasteiger partial charge in [0.2, 0.25) is 0 Å². The minimum absolute atomic E-state index is 0.0521. The Bertz CT molecular complexity index is 751. The van der Waals surface area contributed by atoms with Gasteiger partial charge in [0.1, 0.15) is 5.56 Å². The number of nitrogens with zero attached hydrogens (tertiary/aromatic N) is 2. The predicted octanol–water partition coefficient (Wildman–Crippen LogP) is 0.987. The van der Waals surface area contributed by atoms with Gasteiger partial charge in [0.15, 0.2) is 4.96 Å². The van der Waals surface area contributed by atoms with E-state index in [4.69, 9.17) is 5.11 Å². The Kier molecular flexibility index (Phi) is 4.08. The van der Waals surface area contributed by atoms with Gasteiger partial charge in [-0.25, -0.2) is 4.98 Å². The number of aliphatic carboxylic acids is 1. The predicted molar refractivity (Wildman–Crippen MR) is 77.7 cm³/mol. The Balaban J connectivity index is 2.21. The fourth-order valence-corrected chi connectivity index (χ4v) is 2.38. The van der Waals surface area contributed by atoms with Crippen LogP contribution < -0.4 is 10.9 Å². The molecule has 112 valence electrons. The summed E-state index contributed by atoms with van der Waals surface area (Å²) >= 11 is 1.29. The number of hydrogen-bond acceptors (Lipinski definition) is 5. The van der Waals surface area contributed by atoms with Crippen LogP contribution in [0.25, 0.3) is 4.96 Å². The molecule has 0 saturated heterocycles. The molecule has 0 aliphatic rings. The average molecular weight is 309 g/mol. The molecule has 0 bridgehead atoms. The lowest BCUT2D eigenvalue weighted by atomic mass is 9.87. The van der Waals surface area contributed by atoms with Crippen LogP contribution in [-0.2, 0) is 4.79 Å². The van der Waals surface area contributed by atoms with Crippen LogP contribution in [0.3, 0.4) is 0 Å². The van der Waals surface area contributed by atoms with Gasteiger partial charge in [0, 0.05) is 24.3 Å². The van der Waals surface area contributed by atoms with E-state index in [1.165, 1.54) is 21.9 Å². The van der Waals surface area contributed by atoms with Crippen LogP contribution in [0.2, 0.25) is 0 Å². The molecular formula is C13H15N3O4S. The molecule has 0 aliphatic carbocycles. The number of hydrogen-bond donors (Lipinski definition) is 2. The van der Waals surface area contributed by atoms with Gasteiger partial charge in [-0.2, -0.15) is 0 Å². The summed E-state index contributed by atoms with van der Waals surface area (Å²) < 4.78 is 1.29. The van der Waals surface area contributed by atoms with Gasteiger partial charge in [-0.1, -0.05) is 6.92 Å². The molecule has 7 nitrogen and oxygen atoms in total. The fourth-order valence-electron chi connectivity index (χ4n) is 1.70. The van der Waals surface area contributed by atoms with Crippen molar-refractivity contribution in [2.75, 3.05) is 6.54 Å².